The first-order valence-electron chi connectivity index (χ1n) is 5.27. The van der Waals surface area contributed by atoms with Crippen LogP contribution in [0.25, 0.3) is 0 Å². The molecule has 1 aromatic rings. The van der Waals surface area contributed by atoms with E-state index in [9.17, 15) is 4.79 Å². The van der Waals surface area contributed by atoms with E-state index in [0.717, 1.165) is 12.1 Å². The van der Waals surface area contributed by atoms with Crippen molar-refractivity contribution in [3.63, 3.8) is 0 Å². The number of benzene rings is 1. The van der Waals surface area contributed by atoms with Crippen molar-refractivity contribution in [3.8, 4) is 0 Å². The fourth-order valence-corrected chi connectivity index (χ4v) is 1.50. The molecular weight excluding hydrogens is 190 g/mol. The van der Waals surface area contributed by atoms with Gasteiger partial charge in [-0.1, -0.05) is 19.1 Å². The number of amides is 1. The van der Waals surface area contributed by atoms with Gasteiger partial charge in [0.2, 0.25) is 5.91 Å². The molecule has 3 heteroatoms. The Balaban J connectivity index is 1.99. The van der Waals surface area contributed by atoms with Crippen molar-refractivity contribution in [1.82, 2.24) is 0 Å². The summed E-state index contributed by atoms with van der Waals surface area (Å²) in [5, 5.41) is 2.90. The molecular formula is C12H15NO2. The fourth-order valence-electron chi connectivity index (χ4n) is 1.50. The molecule has 1 aliphatic rings. The van der Waals surface area contributed by atoms with Crippen molar-refractivity contribution < 1.29 is 9.53 Å². The first-order valence-corrected chi connectivity index (χ1v) is 5.27. The van der Waals surface area contributed by atoms with Gasteiger partial charge in [0, 0.05) is 5.69 Å². The van der Waals surface area contributed by atoms with Gasteiger partial charge in [-0.25, -0.2) is 0 Å². The highest BCUT2D eigenvalue weighted by Gasteiger charge is 2.26. The molecule has 1 amide bonds. The fraction of sp³-hybridized carbons (Fsp3) is 0.417. The normalized spacial score (nSPS) is 15.8. The number of aryl methyl sites for hydroxylation is 1. The number of nitrogens with one attached hydrogen (secondary N) is 1. The van der Waals surface area contributed by atoms with Gasteiger partial charge in [0.1, 0.15) is 0 Å². The summed E-state index contributed by atoms with van der Waals surface area (Å²) < 4.78 is 4.98. The maximum Gasteiger partial charge on any atom is 0.232 e. The van der Waals surface area contributed by atoms with Crippen molar-refractivity contribution in [2.45, 2.75) is 13.3 Å². The lowest BCUT2D eigenvalue weighted by Gasteiger charge is -2.24. The highest BCUT2D eigenvalue weighted by Crippen LogP contribution is 2.15. The van der Waals surface area contributed by atoms with Crippen molar-refractivity contribution in [1.29, 1.82) is 0 Å². The van der Waals surface area contributed by atoms with Gasteiger partial charge in [0.25, 0.3) is 0 Å². The van der Waals surface area contributed by atoms with Crippen molar-refractivity contribution >= 4 is 11.6 Å². The molecule has 0 spiro atoms. The van der Waals surface area contributed by atoms with E-state index in [-0.39, 0.29) is 11.8 Å². The molecule has 1 aliphatic heterocycles. The molecule has 1 saturated heterocycles. The molecule has 0 bridgehead atoms. The number of carbonyl (C=O) groups is 1. The predicted octanol–water partition coefficient (Wildman–Crippen LogP) is 1.83. The summed E-state index contributed by atoms with van der Waals surface area (Å²) in [7, 11) is 0. The Kier molecular flexibility index (Phi) is 3.02. The summed E-state index contributed by atoms with van der Waals surface area (Å²) in [6, 6.07) is 7.95. The van der Waals surface area contributed by atoms with Gasteiger partial charge in [-0.05, 0) is 24.1 Å². The summed E-state index contributed by atoms with van der Waals surface area (Å²) in [4.78, 5) is 11.6. The minimum absolute atomic E-state index is 0.0373. The second kappa shape index (κ2) is 4.45. The lowest BCUT2D eigenvalue weighted by molar-refractivity contribution is -0.133. The van der Waals surface area contributed by atoms with E-state index in [1.165, 1.54) is 5.56 Å². The molecule has 1 N–H and O–H groups in total. The Hall–Kier alpha value is -1.35. The monoisotopic (exact) mass is 205 g/mol. The minimum Gasteiger partial charge on any atom is -0.380 e. The van der Waals surface area contributed by atoms with Crippen LogP contribution in [-0.4, -0.2) is 19.1 Å². The molecule has 80 valence electrons. The maximum absolute atomic E-state index is 11.6. The summed E-state index contributed by atoms with van der Waals surface area (Å²) in [5.74, 6) is 0.102. The number of ether oxygens (including phenoxy) is 1. The zero-order valence-electron chi connectivity index (χ0n) is 8.82. The zero-order chi connectivity index (χ0) is 10.7. The van der Waals surface area contributed by atoms with Crippen molar-refractivity contribution in [2.24, 2.45) is 5.92 Å². The van der Waals surface area contributed by atoms with Crippen LogP contribution in [-0.2, 0) is 16.0 Å². The van der Waals surface area contributed by atoms with E-state index in [0.29, 0.717) is 13.2 Å². The first kappa shape index (κ1) is 10.2. The van der Waals surface area contributed by atoms with Gasteiger partial charge in [-0.2, -0.15) is 0 Å². The number of rotatable bonds is 3. The van der Waals surface area contributed by atoms with Crippen LogP contribution < -0.4 is 5.32 Å². The molecule has 0 aliphatic carbocycles. The van der Waals surface area contributed by atoms with Gasteiger partial charge in [-0.3, -0.25) is 4.79 Å². The molecule has 1 fully saturated rings. The van der Waals surface area contributed by atoms with Crippen LogP contribution in [0.1, 0.15) is 12.5 Å². The molecule has 0 aromatic heterocycles. The molecule has 0 unspecified atom stereocenters. The van der Waals surface area contributed by atoms with E-state index in [2.05, 4.69) is 18.3 Å². The number of hydrogen-bond acceptors (Lipinski definition) is 2. The molecule has 0 atom stereocenters. The molecule has 1 heterocycles. The third kappa shape index (κ3) is 2.36. The molecule has 3 nitrogen and oxygen atoms in total. The third-order valence-corrected chi connectivity index (χ3v) is 2.61. The van der Waals surface area contributed by atoms with Gasteiger partial charge in [0.05, 0.1) is 19.1 Å². The van der Waals surface area contributed by atoms with Crippen LogP contribution in [0, 0.1) is 5.92 Å². The second-order valence-electron chi connectivity index (χ2n) is 3.78. The Morgan fingerprint density at radius 1 is 1.53 bits per heavy atom. The van der Waals surface area contributed by atoms with E-state index in [4.69, 9.17) is 4.74 Å². The van der Waals surface area contributed by atoms with Gasteiger partial charge >= 0.3 is 0 Å². The van der Waals surface area contributed by atoms with E-state index < -0.39 is 0 Å². The zero-order valence-corrected chi connectivity index (χ0v) is 8.82. The van der Waals surface area contributed by atoms with Crippen LogP contribution in [0.2, 0.25) is 0 Å². The van der Waals surface area contributed by atoms with E-state index in [1.807, 2.05) is 18.2 Å². The molecule has 2 rings (SSSR count). The van der Waals surface area contributed by atoms with Crippen molar-refractivity contribution in [2.75, 3.05) is 18.5 Å². The second-order valence-corrected chi connectivity index (χ2v) is 3.78. The predicted molar refractivity (Wildman–Crippen MR) is 58.8 cm³/mol. The number of carbonyl (C=O) groups excluding carboxylic acids is 1. The summed E-state index contributed by atoms with van der Waals surface area (Å²) in [5.41, 5.74) is 2.11. The average molecular weight is 205 g/mol. The lowest BCUT2D eigenvalue weighted by Crippen LogP contribution is -2.38. The average Bonchev–Trinajstić information content (AvgIpc) is 2.15. The number of hydrogen-bond donors (Lipinski definition) is 1. The summed E-state index contributed by atoms with van der Waals surface area (Å²) >= 11 is 0. The van der Waals surface area contributed by atoms with Crippen LogP contribution in [0.15, 0.2) is 24.3 Å². The standard InChI is InChI=1S/C12H15NO2/c1-2-9-4-3-5-11(6-9)13-12(14)10-7-15-8-10/h3-6,10H,2,7-8H2,1H3,(H,13,14). The largest absolute Gasteiger partial charge is 0.380 e. The number of anilines is 1. The van der Waals surface area contributed by atoms with E-state index >= 15 is 0 Å². The van der Waals surface area contributed by atoms with Crippen LogP contribution in [0.4, 0.5) is 5.69 Å². The third-order valence-electron chi connectivity index (χ3n) is 2.61. The Bertz CT molecular complexity index is 358. The van der Waals surface area contributed by atoms with Crippen molar-refractivity contribution in [3.05, 3.63) is 29.8 Å². The molecule has 0 saturated carbocycles. The lowest BCUT2D eigenvalue weighted by atomic mass is 10.1. The topological polar surface area (TPSA) is 38.3 Å². The van der Waals surface area contributed by atoms with Gasteiger partial charge < -0.3 is 10.1 Å². The smallest absolute Gasteiger partial charge is 0.232 e. The van der Waals surface area contributed by atoms with Crippen LogP contribution in [0.5, 0.6) is 0 Å². The van der Waals surface area contributed by atoms with E-state index in [1.54, 1.807) is 0 Å². The van der Waals surface area contributed by atoms with Gasteiger partial charge in [-0.15, -0.1) is 0 Å². The van der Waals surface area contributed by atoms with Crippen LogP contribution >= 0.6 is 0 Å². The SMILES string of the molecule is CCc1cccc(NC(=O)C2COC2)c1. The first-order chi connectivity index (χ1) is 7.29. The molecule has 0 radical (unpaired) electrons. The Morgan fingerprint density at radius 2 is 2.33 bits per heavy atom. The quantitative estimate of drug-likeness (QED) is 0.817. The van der Waals surface area contributed by atoms with Crippen LogP contribution in [0.3, 0.4) is 0 Å². The highest BCUT2D eigenvalue weighted by molar-refractivity contribution is 5.93. The van der Waals surface area contributed by atoms with Gasteiger partial charge in [0.15, 0.2) is 0 Å². The maximum atomic E-state index is 11.6. The summed E-state index contributed by atoms with van der Waals surface area (Å²) in [6.45, 7) is 3.21. The molecule has 15 heavy (non-hydrogen) atoms. The Labute approximate surface area is 89.4 Å². The summed E-state index contributed by atoms with van der Waals surface area (Å²) in [6.07, 6.45) is 0.982. The molecule has 1 aromatic carbocycles. The minimum atomic E-state index is 0.0373. The Morgan fingerprint density at radius 3 is 2.93 bits per heavy atom. The highest BCUT2D eigenvalue weighted by atomic mass is 16.5.